The summed E-state index contributed by atoms with van der Waals surface area (Å²) in [6.07, 6.45) is 1.62. The number of halogens is 4. The van der Waals surface area contributed by atoms with Gasteiger partial charge >= 0.3 is 0 Å². The Morgan fingerprint density at radius 3 is 2.44 bits per heavy atom. The predicted octanol–water partition coefficient (Wildman–Crippen LogP) is 4.98. The van der Waals surface area contributed by atoms with Gasteiger partial charge in [0.25, 0.3) is 0 Å². The third-order valence-corrected chi connectivity index (χ3v) is 4.19. The van der Waals surface area contributed by atoms with Crippen molar-refractivity contribution in [2.75, 3.05) is 0 Å². The van der Waals surface area contributed by atoms with Gasteiger partial charge in [-0.25, -0.2) is 9.97 Å². The van der Waals surface area contributed by atoms with Crippen molar-refractivity contribution >= 4 is 55.1 Å². The van der Waals surface area contributed by atoms with Crippen LogP contribution in [0.25, 0.3) is 11.4 Å². The van der Waals surface area contributed by atoms with E-state index in [4.69, 9.17) is 23.2 Å². The van der Waals surface area contributed by atoms with Gasteiger partial charge in [-0.1, -0.05) is 23.2 Å². The highest BCUT2D eigenvalue weighted by Gasteiger charge is 2.06. The first-order chi connectivity index (χ1) is 7.58. The molecule has 2 rings (SSSR count). The smallest absolute Gasteiger partial charge is 0.160 e. The normalized spacial score (nSPS) is 10.5. The molecule has 16 heavy (non-hydrogen) atoms. The maximum Gasteiger partial charge on any atom is 0.160 e. The predicted molar refractivity (Wildman–Crippen MR) is 72.9 cm³/mol. The van der Waals surface area contributed by atoms with E-state index in [0.29, 0.717) is 20.5 Å². The molecule has 0 atom stereocenters. The molecule has 0 N–H and O–H groups in total. The summed E-state index contributed by atoms with van der Waals surface area (Å²) in [5, 5.41) is 1.03. The number of hydrogen-bond acceptors (Lipinski definition) is 2. The maximum atomic E-state index is 5.90. The molecule has 0 unspecified atom stereocenters. The molecule has 0 fully saturated rings. The zero-order valence-corrected chi connectivity index (χ0v) is 12.4. The van der Waals surface area contributed by atoms with E-state index in [2.05, 4.69) is 41.8 Å². The van der Waals surface area contributed by atoms with E-state index in [1.807, 2.05) is 12.1 Å². The van der Waals surface area contributed by atoms with Gasteiger partial charge in [-0.3, -0.25) is 0 Å². The molecule has 2 nitrogen and oxygen atoms in total. The van der Waals surface area contributed by atoms with Crippen molar-refractivity contribution in [1.82, 2.24) is 9.97 Å². The lowest BCUT2D eigenvalue weighted by Gasteiger charge is -2.03. The Labute approximate surface area is 119 Å². The number of benzene rings is 1. The fraction of sp³-hybridized carbons (Fsp3) is 0. The van der Waals surface area contributed by atoms with Crippen molar-refractivity contribution < 1.29 is 0 Å². The number of nitrogens with zero attached hydrogens (tertiary/aromatic N) is 2. The molecule has 2 aromatic rings. The van der Waals surface area contributed by atoms with Gasteiger partial charge < -0.3 is 0 Å². The second-order valence-electron chi connectivity index (χ2n) is 2.96. The standard InChI is InChI=1S/C10H4Br2Cl2N2/c11-6-3-5(1-2-8(6)13)10-15-4-7(12)9(14)16-10/h1-4H. The van der Waals surface area contributed by atoms with Gasteiger partial charge in [-0.15, -0.1) is 0 Å². The summed E-state index contributed by atoms with van der Waals surface area (Å²) >= 11 is 18.4. The van der Waals surface area contributed by atoms with Crippen LogP contribution >= 0.6 is 55.1 Å². The lowest BCUT2D eigenvalue weighted by molar-refractivity contribution is 1.16. The fourth-order valence-electron chi connectivity index (χ4n) is 1.12. The number of hydrogen-bond donors (Lipinski definition) is 0. The van der Waals surface area contributed by atoms with Crippen LogP contribution in [0.2, 0.25) is 10.2 Å². The van der Waals surface area contributed by atoms with Crippen LogP contribution < -0.4 is 0 Å². The third kappa shape index (κ3) is 2.56. The van der Waals surface area contributed by atoms with Crippen LogP contribution in [0.5, 0.6) is 0 Å². The van der Waals surface area contributed by atoms with Crippen molar-refractivity contribution in [2.45, 2.75) is 0 Å². The van der Waals surface area contributed by atoms with E-state index >= 15 is 0 Å². The summed E-state index contributed by atoms with van der Waals surface area (Å²) in [5.74, 6) is 0.561. The molecule has 0 radical (unpaired) electrons. The highest BCUT2D eigenvalue weighted by Crippen LogP contribution is 2.28. The van der Waals surface area contributed by atoms with Gasteiger partial charge in [-0.2, -0.15) is 0 Å². The summed E-state index contributed by atoms with van der Waals surface area (Å²) in [6.45, 7) is 0. The average molecular weight is 383 g/mol. The molecule has 0 saturated heterocycles. The Morgan fingerprint density at radius 2 is 1.81 bits per heavy atom. The number of rotatable bonds is 1. The van der Waals surface area contributed by atoms with E-state index < -0.39 is 0 Å². The fourth-order valence-corrected chi connectivity index (χ4v) is 1.94. The van der Waals surface area contributed by atoms with E-state index in [-0.39, 0.29) is 0 Å². The summed E-state index contributed by atoms with van der Waals surface area (Å²) in [7, 11) is 0. The van der Waals surface area contributed by atoms with Gasteiger partial charge in [0.1, 0.15) is 5.15 Å². The van der Waals surface area contributed by atoms with Gasteiger partial charge in [0.05, 0.1) is 9.50 Å². The molecule has 0 bridgehead atoms. The molecule has 0 saturated carbocycles. The lowest BCUT2D eigenvalue weighted by atomic mass is 10.2. The first-order valence-corrected chi connectivity index (χ1v) is 6.55. The van der Waals surface area contributed by atoms with E-state index in [1.165, 1.54) is 0 Å². The molecule has 1 heterocycles. The molecule has 6 heteroatoms. The second kappa shape index (κ2) is 5.00. The second-order valence-corrected chi connectivity index (χ2v) is 5.44. The van der Waals surface area contributed by atoms with Crippen molar-refractivity contribution in [2.24, 2.45) is 0 Å². The molecule has 1 aromatic carbocycles. The summed E-state index contributed by atoms with van der Waals surface area (Å²) in [6, 6.07) is 5.47. The summed E-state index contributed by atoms with van der Waals surface area (Å²) in [5.41, 5.74) is 0.852. The molecule has 0 aliphatic carbocycles. The van der Waals surface area contributed by atoms with Crippen molar-refractivity contribution in [3.63, 3.8) is 0 Å². The van der Waals surface area contributed by atoms with Crippen LogP contribution in [0.4, 0.5) is 0 Å². The Balaban J connectivity index is 2.50. The molecular weight excluding hydrogens is 379 g/mol. The summed E-state index contributed by atoms with van der Waals surface area (Å²) < 4.78 is 1.47. The van der Waals surface area contributed by atoms with Gasteiger partial charge in [0, 0.05) is 16.2 Å². The molecule has 1 aromatic heterocycles. The Kier molecular flexibility index (Phi) is 3.85. The SMILES string of the molecule is Clc1ccc(-c2ncc(Br)c(Cl)n2)cc1Br. The molecule has 0 amide bonds. The minimum Gasteiger partial charge on any atom is -0.235 e. The van der Waals surface area contributed by atoms with Crippen molar-refractivity contribution in [1.29, 1.82) is 0 Å². The van der Waals surface area contributed by atoms with Crippen LogP contribution in [-0.4, -0.2) is 9.97 Å². The van der Waals surface area contributed by atoms with Crippen LogP contribution in [0, 0.1) is 0 Å². The van der Waals surface area contributed by atoms with E-state index in [0.717, 1.165) is 10.0 Å². The lowest BCUT2D eigenvalue weighted by Crippen LogP contribution is -1.89. The minimum absolute atomic E-state index is 0.385. The van der Waals surface area contributed by atoms with Crippen LogP contribution in [0.1, 0.15) is 0 Å². The number of aromatic nitrogens is 2. The first-order valence-electron chi connectivity index (χ1n) is 4.21. The summed E-state index contributed by atoms with van der Waals surface area (Å²) in [4.78, 5) is 8.33. The molecule has 0 aliphatic rings. The monoisotopic (exact) mass is 380 g/mol. The molecule has 0 spiro atoms. The van der Waals surface area contributed by atoms with E-state index in [1.54, 1.807) is 12.3 Å². The Morgan fingerprint density at radius 1 is 1.06 bits per heavy atom. The molecule has 82 valence electrons. The van der Waals surface area contributed by atoms with Gasteiger partial charge in [0.2, 0.25) is 0 Å². The third-order valence-electron chi connectivity index (χ3n) is 1.88. The Hall–Kier alpha value is -0.160. The average Bonchev–Trinajstić information content (AvgIpc) is 2.26. The molecular formula is C10H4Br2Cl2N2. The maximum absolute atomic E-state index is 5.90. The first kappa shape index (κ1) is 12.3. The minimum atomic E-state index is 0.385. The van der Waals surface area contributed by atoms with Crippen molar-refractivity contribution in [3.05, 3.63) is 43.5 Å². The van der Waals surface area contributed by atoms with Gasteiger partial charge in [0.15, 0.2) is 5.82 Å². The highest BCUT2D eigenvalue weighted by atomic mass is 79.9. The van der Waals surface area contributed by atoms with Crippen LogP contribution in [-0.2, 0) is 0 Å². The Bertz CT molecular complexity index is 497. The largest absolute Gasteiger partial charge is 0.235 e. The van der Waals surface area contributed by atoms with Crippen molar-refractivity contribution in [3.8, 4) is 11.4 Å². The topological polar surface area (TPSA) is 25.8 Å². The zero-order valence-electron chi connectivity index (χ0n) is 7.72. The molecule has 0 aliphatic heterocycles. The van der Waals surface area contributed by atoms with E-state index in [9.17, 15) is 0 Å². The van der Waals surface area contributed by atoms with Gasteiger partial charge in [-0.05, 0) is 50.1 Å². The zero-order chi connectivity index (χ0) is 11.7. The van der Waals surface area contributed by atoms with Crippen LogP contribution in [0.3, 0.4) is 0 Å². The highest BCUT2D eigenvalue weighted by molar-refractivity contribution is 9.10. The van der Waals surface area contributed by atoms with Crippen LogP contribution in [0.15, 0.2) is 33.3 Å². The quantitative estimate of drug-likeness (QED) is 0.650.